The van der Waals surface area contributed by atoms with E-state index in [1.807, 2.05) is 6.07 Å². The Morgan fingerprint density at radius 2 is 1.95 bits per heavy atom. The van der Waals surface area contributed by atoms with Gasteiger partial charge in [-0.05, 0) is 23.1 Å². The summed E-state index contributed by atoms with van der Waals surface area (Å²) in [6.45, 7) is 7.89. The Bertz CT molecular complexity index is 474. The van der Waals surface area contributed by atoms with Gasteiger partial charge < -0.3 is 4.74 Å². The number of benzene rings is 1. The normalized spacial score (nSPS) is 17.7. The molecule has 3 nitrogen and oxygen atoms in total. The van der Waals surface area contributed by atoms with E-state index in [2.05, 4.69) is 20.5 Å². The summed E-state index contributed by atoms with van der Waals surface area (Å²) in [6, 6.07) is 6.16. The Labute approximate surface area is 126 Å². The van der Waals surface area contributed by atoms with Gasteiger partial charge in [-0.2, -0.15) is 0 Å². The van der Waals surface area contributed by atoms with Crippen LogP contribution in [0, 0.1) is 0 Å². The first-order chi connectivity index (χ1) is 9.96. The highest BCUT2D eigenvalue weighted by atomic mass is 32.2. The van der Waals surface area contributed by atoms with Crippen LogP contribution in [0.5, 0.6) is 5.75 Å². The first-order valence-electron chi connectivity index (χ1n) is 6.56. The lowest BCUT2D eigenvalue weighted by Gasteiger charge is -2.33. The number of halogens is 3. The quantitative estimate of drug-likeness (QED) is 0.772. The molecule has 0 atom stereocenters. The highest BCUT2D eigenvalue weighted by Gasteiger charge is 2.31. The maximum Gasteiger partial charge on any atom is 0.573 e. The van der Waals surface area contributed by atoms with Crippen molar-refractivity contribution >= 4 is 11.9 Å². The summed E-state index contributed by atoms with van der Waals surface area (Å²) in [7, 11) is 0. The van der Waals surface area contributed by atoms with E-state index in [0.29, 0.717) is 6.54 Å². The fourth-order valence-electron chi connectivity index (χ4n) is 2.20. The van der Waals surface area contributed by atoms with E-state index in [0.717, 1.165) is 31.7 Å². The molecular formula is C14H17F3N2OS. The van der Waals surface area contributed by atoms with Gasteiger partial charge in [0, 0.05) is 32.7 Å². The van der Waals surface area contributed by atoms with Crippen LogP contribution in [-0.2, 0) is 6.54 Å². The molecule has 0 N–H and O–H groups in total. The van der Waals surface area contributed by atoms with Crippen LogP contribution in [0.25, 0.3) is 0 Å². The number of rotatable bonds is 5. The molecule has 116 valence electrons. The molecule has 1 aromatic carbocycles. The average Bonchev–Trinajstić information content (AvgIpc) is 2.40. The average molecular weight is 318 g/mol. The predicted molar refractivity (Wildman–Crippen MR) is 77.8 cm³/mol. The van der Waals surface area contributed by atoms with Crippen LogP contribution in [0.3, 0.4) is 0 Å². The molecule has 2 rings (SSSR count). The van der Waals surface area contributed by atoms with Crippen molar-refractivity contribution in [2.45, 2.75) is 12.9 Å². The summed E-state index contributed by atoms with van der Waals surface area (Å²) < 4.78 is 42.8. The van der Waals surface area contributed by atoms with Gasteiger partial charge in [0.2, 0.25) is 0 Å². The highest BCUT2D eigenvalue weighted by Crippen LogP contribution is 2.24. The third kappa shape index (κ3) is 5.61. The Kier molecular flexibility index (Phi) is 5.55. The van der Waals surface area contributed by atoms with Crippen molar-refractivity contribution in [3.8, 4) is 5.75 Å². The van der Waals surface area contributed by atoms with E-state index in [9.17, 15) is 13.2 Å². The largest absolute Gasteiger partial charge is 0.573 e. The fourth-order valence-corrected chi connectivity index (χ4v) is 2.78. The van der Waals surface area contributed by atoms with Crippen molar-refractivity contribution in [1.82, 2.24) is 9.21 Å². The van der Waals surface area contributed by atoms with Crippen molar-refractivity contribution in [1.29, 1.82) is 0 Å². The summed E-state index contributed by atoms with van der Waals surface area (Å²) in [4.78, 5) is 2.22. The molecule has 21 heavy (non-hydrogen) atoms. The first kappa shape index (κ1) is 16.2. The van der Waals surface area contributed by atoms with Crippen molar-refractivity contribution < 1.29 is 17.9 Å². The van der Waals surface area contributed by atoms with Gasteiger partial charge >= 0.3 is 6.36 Å². The number of ether oxygens (including phenoxy) is 1. The zero-order valence-electron chi connectivity index (χ0n) is 11.5. The molecule has 0 unspecified atom stereocenters. The summed E-state index contributed by atoms with van der Waals surface area (Å²) in [5, 5.41) is 1.80. The van der Waals surface area contributed by atoms with E-state index in [-0.39, 0.29) is 5.75 Å². The molecule has 1 aromatic rings. The van der Waals surface area contributed by atoms with Gasteiger partial charge in [0.25, 0.3) is 0 Å². The SMILES string of the molecule is C=CSN1CCN(Cc2cccc(OC(F)(F)F)c2)CC1. The molecular weight excluding hydrogens is 301 g/mol. The number of nitrogens with zero attached hydrogens (tertiary/aromatic N) is 2. The van der Waals surface area contributed by atoms with Crippen LogP contribution >= 0.6 is 11.9 Å². The molecule has 1 fully saturated rings. The Morgan fingerprint density at radius 3 is 2.57 bits per heavy atom. The number of piperazine rings is 1. The first-order valence-corrected chi connectivity index (χ1v) is 7.39. The highest BCUT2D eigenvalue weighted by molar-refractivity contribution is 7.99. The molecule has 0 radical (unpaired) electrons. The minimum atomic E-state index is -4.65. The van der Waals surface area contributed by atoms with E-state index >= 15 is 0 Å². The fraction of sp³-hybridized carbons (Fsp3) is 0.429. The zero-order valence-corrected chi connectivity index (χ0v) is 12.3. The molecule has 0 bridgehead atoms. The summed E-state index contributed by atoms with van der Waals surface area (Å²) in [5.74, 6) is -0.166. The lowest BCUT2D eigenvalue weighted by atomic mass is 10.2. The van der Waals surface area contributed by atoms with Crippen molar-refractivity contribution in [3.63, 3.8) is 0 Å². The predicted octanol–water partition coefficient (Wildman–Crippen LogP) is 3.49. The molecule has 1 saturated heterocycles. The molecule has 0 aliphatic carbocycles. The lowest BCUT2D eigenvalue weighted by Crippen LogP contribution is -2.42. The van der Waals surface area contributed by atoms with Crippen molar-refractivity contribution in [2.75, 3.05) is 26.2 Å². The second kappa shape index (κ2) is 7.20. The number of hydrogen-bond acceptors (Lipinski definition) is 4. The second-order valence-corrected chi connectivity index (χ2v) is 5.73. The van der Waals surface area contributed by atoms with Crippen LogP contribution in [-0.4, -0.2) is 41.7 Å². The number of alkyl halides is 3. The van der Waals surface area contributed by atoms with Gasteiger partial charge in [-0.1, -0.05) is 30.7 Å². The summed E-state index contributed by atoms with van der Waals surface area (Å²) in [6.07, 6.45) is -4.65. The van der Waals surface area contributed by atoms with Gasteiger partial charge in [-0.15, -0.1) is 13.2 Å². The Hall–Kier alpha value is -1.18. The zero-order chi connectivity index (χ0) is 15.3. The molecule has 0 aromatic heterocycles. The lowest BCUT2D eigenvalue weighted by molar-refractivity contribution is -0.274. The Morgan fingerprint density at radius 1 is 1.24 bits per heavy atom. The molecule has 1 aliphatic rings. The third-order valence-electron chi connectivity index (χ3n) is 3.09. The van der Waals surface area contributed by atoms with E-state index in [1.165, 1.54) is 12.1 Å². The van der Waals surface area contributed by atoms with Gasteiger partial charge in [-0.25, -0.2) is 4.31 Å². The van der Waals surface area contributed by atoms with Gasteiger partial charge in [-0.3, -0.25) is 4.90 Å². The van der Waals surface area contributed by atoms with Crippen LogP contribution in [0.2, 0.25) is 0 Å². The third-order valence-corrected chi connectivity index (χ3v) is 3.91. The van der Waals surface area contributed by atoms with E-state index in [1.54, 1.807) is 23.4 Å². The topological polar surface area (TPSA) is 15.7 Å². The van der Waals surface area contributed by atoms with Crippen molar-refractivity contribution in [3.05, 3.63) is 41.8 Å². The van der Waals surface area contributed by atoms with Gasteiger partial charge in [0.1, 0.15) is 5.75 Å². The molecule has 0 spiro atoms. The maximum absolute atomic E-state index is 12.2. The number of hydrogen-bond donors (Lipinski definition) is 0. The second-order valence-electron chi connectivity index (χ2n) is 4.67. The summed E-state index contributed by atoms with van der Waals surface area (Å²) >= 11 is 1.59. The molecule has 0 amide bonds. The monoisotopic (exact) mass is 318 g/mol. The van der Waals surface area contributed by atoms with Crippen molar-refractivity contribution in [2.24, 2.45) is 0 Å². The Balaban J connectivity index is 1.89. The van der Waals surface area contributed by atoms with Gasteiger partial charge in [0.15, 0.2) is 0 Å². The molecule has 1 heterocycles. The minimum absolute atomic E-state index is 0.166. The van der Waals surface area contributed by atoms with Crippen LogP contribution in [0.15, 0.2) is 36.3 Å². The van der Waals surface area contributed by atoms with E-state index in [4.69, 9.17) is 0 Å². The minimum Gasteiger partial charge on any atom is -0.406 e. The van der Waals surface area contributed by atoms with Crippen LogP contribution in [0.1, 0.15) is 5.56 Å². The maximum atomic E-state index is 12.2. The molecule has 1 aliphatic heterocycles. The van der Waals surface area contributed by atoms with Gasteiger partial charge in [0.05, 0.1) is 0 Å². The molecule has 7 heteroatoms. The molecule has 0 saturated carbocycles. The summed E-state index contributed by atoms with van der Waals surface area (Å²) in [5.41, 5.74) is 0.821. The standard InChI is InChI=1S/C14H17F3N2OS/c1-2-21-19-8-6-18(7-9-19)11-12-4-3-5-13(10-12)20-14(15,16)17/h2-5,10H,1,6-9,11H2. The van der Waals surface area contributed by atoms with Crippen LogP contribution < -0.4 is 4.74 Å². The van der Waals surface area contributed by atoms with E-state index < -0.39 is 6.36 Å². The van der Waals surface area contributed by atoms with Crippen LogP contribution in [0.4, 0.5) is 13.2 Å². The smallest absolute Gasteiger partial charge is 0.406 e.